The first-order valence-corrected chi connectivity index (χ1v) is 5.17. The average molecular weight is 293 g/mol. The van der Waals surface area contributed by atoms with E-state index in [2.05, 4.69) is 4.18 Å². The van der Waals surface area contributed by atoms with Crippen LogP contribution >= 0.6 is 0 Å². The predicted octanol–water partition coefficient (Wildman–Crippen LogP) is 0.927. The molecule has 13 heteroatoms. The van der Waals surface area contributed by atoms with Gasteiger partial charge in [-0.1, -0.05) is 0 Å². The van der Waals surface area contributed by atoms with Gasteiger partial charge >= 0.3 is 22.7 Å². The Hall–Kier alpha value is -2.67. The van der Waals surface area contributed by atoms with E-state index in [-0.39, 0.29) is 0 Å². The number of nitro benzene ring substituents is 3. The Bertz CT molecular complexity index is 565. The number of hydrogen-bond donors (Lipinski definition) is 1. The first-order valence-electron chi connectivity index (χ1n) is 4.14. The second kappa shape index (κ2) is 5.32. The van der Waals surface area contributed by atoms with Crippen molar-refractivity contribution in [1.29, 1.82) is 0 Å². The lowest BCUT2D eigenvalue weighted by molar-refractivity contribution is -0.404. The summed E-state index contributed by atoms with van der Waals surface area (Å²) in [5, 5.41) is 31.8. The Morgan fingerprint density at radius 1 is 1.00 bits per heavy atom. The minimum absolute atomic E-state index is 0.384. The maximum atomic E-state index is 10.7. The third kappa shape index (κ3) is 3.17. The van der Waals surface area contributed by atoms with Gasteiger partial charge in [0, 0.05) is 0 Å². The zero-order valence-corrected chi connectivity index (χ0v) is 9.43. The molecule has 12 nitrogen and oxygen atoms in total. The summed E-state index contributed by atoms with van der Waals surface area (Å²) < 4.78 is 23.0. The van der Waals surface area contributed by atoms with Crippen LogP contribution in [0.4, 0.5) is 17.1 Å². The minimum atomic E-state index is -3.07. The molecule has 0 radical (unpaired) electrons. The van der Waals surface area contributed by atoms with Crippen LogP contribution in [0.25, 0.3) is 0 Å². The molecule has 0 saturated heterocycles. The zero-order valence-electron chi connectivity index (χ0n) is 8.62. The lowest BCUT2D eigenvalue weighted by Gasteiger charge is -2.02. The van der Waals surface area contributed by atoms with Crippen molar-refractivity contribution in [2.45, 2.75) is 0 Å². The lowest BCUT2D eigenvalue weighted by Crippen LogP contribution is -2.05. The van der Waals surface area contributed by atoms with Crippen molar-refractivity contribution in [3.63, 3.8) is 0 Å². The Kier molecular flexibility index (Phi) is 4.03. The Balaban J connectivity index is 3.64. The highest BCUT2D eigenvalue weighted by Gasteiger charge is 2.33. The normalized spacial score (nSPS) is 11.6. The topological polar surface area (TPSA) is 176 Å². The third-order valence-electron chi connectivity index (χ3n) is 1.79. The van der Waals surface area contributed by atoms with Gasteiger partial charge in [0.2, 0.25) is 0 Å². The van der Waals surface area contributed by atoms with Crippen molar-refractivity contribution in [3.8, 4) is 5.75 Å². The molecule has 1 N–H and O–H groups in total. The van der Waals surface area contributed by atoms with Gasteiger partial charge in [-0.15, -0.1) is 0 Å². The quantitative estimate of drug-likeness (QED) is 0.469. The standard InChI is InChI=1S/C6H3N3O9S/c10-7(11)3-1-4(8(12)13)6(18-19(16)17)5(2-3)9(14)15/h1-2H,(H,16,17). The molecule has 0 heterocycles. The number of rotatable bonds is 5. The number of nitrogens with zero attached hydrogens (tertiary/aromatic N) is 3. The molecule has 102 valence electrons. The second-order valence-corrected chi connectivity index (χ2v) is 3.49. The van der Waals surface area contributed by atoms with E-state index >= 15 is 0 Å². The molecule has 0 saturated carbocycles. The summed E-state index contributed by atoms with van der Waals surface area (Å²) in [5.41, 5.74) is -3.25. The van der Waals surface area contributed by atoms with E-state index in [4.69, 9.17) is 4.55 Å². The van der Waals surface area contributed by atoms with E-state index in [9.17, 15) is 34.6 Å². The molecule has 0 aromatic heterocycles. The highest BCUT2D eigenvalue weighted by atomic mass is 32.2. The molecule has 1 rings (SSSR count). The monoisotopic (exact) mass is 293 g/mol. The fourth-order valence-electron chi connectivity index (χ4n) is 1.12. The summed E-state index contributed by atoms with van der Waals surface area (Å²) >= 11 is -3.07. The molecule has 1 unspecified atom stereocenters. The smallest absolute Gasteiger partial charge is 0.357 e. The predicted molar refractivity (Wildman–Crippen MR) is 57.8 cm³/mol. The Morgan fingerprint density at radius 3 is 1.68 bits per heavy atom. The summed E-state index contributed by atoms with van der Waals surface area (Å²) in [6.45, 7) is 0. The van der Waals surface area contributed by atoms with Crippen LogP contribution in [-0.4, -0.2) is 23.5 Å². The largest absolute Gasteiger partial charge is 0.365 e. The molecule has 1 aromatic carbocycles. The summed E-state index contributed by atoms with van der Waals surface area (Å²) in [4.78, 5) is 28.3. The van der Waals surface area contributed by atoms with Crippen LogP contribution in [0.3, 0.4) is 0 Å². The molecule has 0 aliphatic heterocycles. The number of nitro groups is 3. The van der Waals surface area contributed by atoms with Gasteiger partial charge in [0.1, 0.15) is 0 Å². The zero-order chi connectivity index (χ0) is 14.7. The maximum absolute atomic E-state index is 10.7. The summed E-state index contributed by atoms with van der Waals surface area (Å²) in [6, 6.07) is 0.768. The molecule has 0 bridgehead atoms. The van der Waals surface area contributed by atoms with E-state index in [1.165, 1.54) is 0 Å². The van der Waals surface area contributed by atoms with E-state index in [0.717, 1.165) is 0 Å². The molecule has 19 heavy (non-hydrogen) atoms. The van der Waals surface area contributed by atoms with Crippen LogP contribution in [0.2, 0.25) is 0 Å². The van der Waals surface area contributed by atoms with Crippen LogP contribution in [0, 0.1) is 30.3 Å². The number of hydrogen-bond acceptors (Lipinski definition) is 8. The highest BCUT2D eigenvalue weighted by molar-refractivity contribution is 7.74. The Morgan fingerprint density at radius 2 is 1.42 bits per heavy atom. The molecule has 1 atom stereocenters. The van der Waals surface area contributed by atoms with E-state index in [0.29, 0.717) is 12.1 Å². The van der Waals surface area contributed by atoms with E-state index < -0.39 is 48.9 Å². The number of benzene rings is 1. The van der Waals surface area contributed by atoms with E-state index in [1.807, 2.05) is 0 Å². The summed E-state index contributed by atoms with van der Waals surface area (Å²) in [6.07, 6.45) is 0. The van der Waals surface area contributed by atoms with Crippen LogP contribution in [-0.2, 0) is 11.4 Å². The first-order chi connectivity index (χ1) is 8.73. The lowest BCUT2D eigenvalue weighted by atomic mass is 10.2. The molecule has 0 aliphatic carbocycles. The number of non-ortho nitro benzene ring substituents is 1. The fraction of sp³-hybridized carbons (Fsp3) is 0. The highest BCUT2D eigenvalue weighted by Crippen LogP contribution is 2.40. The van der Waals surface area contributed by atoms with E-state index in [1.54, 1.807) is 0 Å². The van der Waals surface area contributed by atoms with Crippen molar-refractivity contribution < 1.29 is 27.7 Å². The summed E-state index contributed by atoms with van der Waals surface area (Å²) in [7, 11) is 0. The van der Waals surface area contributed by atoms with Gasteiger partial charge in [-0.05, 0) is 0 Å². The molecule has 0 spiro atoms. The van der Waals surface area contributed by atoms with Crippen molar-refractivity contribution in [2.75, 3.05) is 0 Å². The van der Waals surface area contributed by atoms with Crippen molar-refractivity contribution >= 4 is 28.4 Å². The minimum Gasteiger partial charge on any atom is -0.365 e. The molecule has 1 aromatic rings. The van der Waals surface area contributed by atoms with Crippen molar-refractivity contribution in [1.82, 2.24) is 0 Å². The maximum Gasteiger partial charge on any atom is 0.357 e. The molecular formula is C6H3N3O9S. The third-order valence-corrected chi connectivity index (χ3v) is 2.10. The molecule has 0 fully saturated rings. The van der Waals surface area contributed by atoms with Gasteiger partial charge in [0.15, 0.2) is 0 Å². The second-order valence-electron chi connectivity index (χ2n) is 2.88. The molecule has 0 aliphatic rings. The van der Waals surface area contributed by atoms with Crippen LogP contribution in [0.15, 0.2) is 12.1 Å². The van der Waals surface area contributed by atoms with Gasteiger partial charge in [-0.3, -0.25) is 34.9 Å². The average Bonchev–Trinajstić information content (AvgIpc) is 2.27. The molecular weight excluding hydrogens is 290 g/mol. The SMILES string of the molecule is O=[N+]([O-])c1cc([N+](=O)[O-])c(OS(=O)O)c([N+](=O)[O-])c1. The van der Waals surface area contributed by atoms with Crippen molar-refractivity contribution in [3.05, 3.63) is 42.5 Å². The fourth-order valence-corrected chi connectivity index (χ4v) is 1.43. The van der Waals surface area contributed by atoms with Crippen molar-refractivity contribution in [2.24, 2.45) is 0 Å². The van der Waals surface area contributed by atoms with Crippen LogP contribution < -0.4 is 4.18 Å². The Labute approximate surface area is 105 Å². The molecule has 0 amide bonds. The van der Waals surface area contributed by atoms with Gasteiger partial charge in [-0.2, -0.15) is 4.21 Å². The van der Waals surface area contributed by atoms with Crippen LogP contribution in [0.1, 0.15) is 0 Å². The van der Waals surface area contributed by atoms with Gasteiger partial charge in [0.05, 0.1) is 26.9 Å². The van der Waals surface area contributed by atoms with Crippen LogP contribution in [0.5, 0.6) is 5.75 Å². The van der Waals surface area contributed by atoms with Gasteiger partial charge < -0.3 is 4.18 Å². The van der Waals surface area contributed by atoms with Gasteiger partial charge in [-0.25, -0.2) is 0 Å². The first kappa shape index (κ1) is 14.4. The summed E-state index contributed by atoms with van der Waals surface area (Å²) in [5.74, 6) is -1.14. The van der Waals surface area contributed by atoms with Gasteiger partial charge in [0.25, 0.3) is 11.4 Å².